The summed E-state index contributed by atoms with van der Waals surface area (Å²) in [6.45, 7) is 2.21. The highest BCUT2D eigenvalue weighted by Crippen LogP contribution is 2.24. The lowest BCUT2D eigenvalue weighted by atomic mass is 9.99. The van der Waals surface area contributed by atoms with E-state index in [0.717, 1.165) is 12.1 Å². The van der Waals surface area contributed by atoms with Crippen LogP contribution < -0.4 is 11.1 Å². The van der Waals surface area contributed by atoms with Gasteiger partial charge in [-0.3, -0.25) is 4.79 Å². The molecule has 0 saturated carbocycles. The lowest BCUT2D eigenvalue weighted by molar-refractivity contribution is -0.126. The van der Waals surface area contributed by atoms with Crippen LogP contribution in [-0.2, 0) is 21.4 Å². The average Bonchev–Trinajstić information content (AvgIpc) is 2.59. The molecule has 1 aromatic rings. The smallest absolute Gasteiger partial charge is 0.243 e. The van der Waals surface area contributed by atoms with Gasteiger partial charge in [0.25, 0.3) is 0 Å². The van der Waals surface area contributed by atoms with Crippen molar-refractivity contribution in [1.29, 1.82) is 0 Å². The van der Waals surface area contributed by atoms with Crippen LogP contribution in [0.4, 0.5) is 0 Å². The van der Waals surface area contributed by atoms with Crippen molar-refractivity contribution in [3.05, 3.63) is 29.8 Å². The molecule has 7 nitrogen and oxygen atoms in total. The fourth-order valence-electron chi connectivity index (χ4n) is 3.00. The molecule has 9 heteroatoms. The summed E-state index contributed by atoms with van der Waals surface area (Å²) in [6, 6.07) is 6.96. The third-order valence-electron chi connectivity index (χ3n) is 4.26. The number of carbonyl (C=O) groups is 1. The van der Waals surface area contributed by atoms with E-state index in [1.54, 1.807) is 12.1 Å². The molecule has 1 amide bonds. The predicted molar refractivity (Wildman–Crippen MR) is 105 cm³/mol. The minimum atomic E-state index is -3.58. The number of nitrogens with one attached hydrogen (secondary N) is 1. The molecule has 0 bridgehead atoms. The monoisotopic (exact) mass is 404 g/mol. The molecule has 1 fully saturated rings. The number of rotatable bonds is 7. The number of hydrogen-bond acceptors (Lipinski definition) is 5. The van der Waals surface area contributed by atoms with E-state index in [1.165, 1.54) is 4.31 Å². The molecule has 0 aromatic heterocycles. The van der Waals surface area contributed by atoms with Crippen LogP contribution in [0.25, 0.3) is 0 Å². The molecule has 3 N–H and O–H groups in total. The highest BCUT2D eigenvalue weighted by Gasteiger charge is 2.33. The number of nitrogens with two attached hydrogens (primary N) is 1. The predicted octanol–water partition coefficient (Wildman–Crippen LogP) is 0.646. The maximum atomic E-state index is 12.9. The molecule has 1 aliphatic heterocycles. The van der Waals surface area contributed by atoms with Crippen molar-refractivity contribution in [2.75, 3.05) is 40.3 Å². The highest BCUT2D eigenvalue weighted by atomic mass is 35.5. The largest absolute Gasteiger partial charge is 0.355 e. The van der Waals surface area contributed by atoms with Crippen molar-refractivity contribution in [2.24, 2.45) is 11.7 Å². The number of carbonyl (C=O) groups excluding carboxylic acids is 1. The van der Waals surface area contributed by atoms with E-state index in [4.69, 9.17) is 5.73 Å². The van der Waals surface area contributed by atoms with Gasteiger partial charge in [0.1, 0.15) is 0 Å². The van der Waals surface area contributed by atoms with Gasteiger partial charge in [0.05, 0.1) is 10.8 Å². The van der Waals surface area contributed by atoms with Gasteiger partial charge in [-0.05, 0) is 44.6 Å². The summed E-state index contributed by atoms with van der Waals surface area (Å²) in [6.07, 6.45) is 1.38. The van der Waals surface area contributed by atoms with Gasteiger partial charge in [0, 0.05) is 32.7 Å². The van der Waals surface area contributed by atoms with E-state index in [0.29, 0.717) is 32.5 Å². The van der Waals surface area contributed by atoms with Crippen LogP contribution in [0.15, 0.2) is 29.2 Å². The SMILES string of the molecule is CN(C)Cc1ccc(S(=O)(=O)N2CCCC(C(=O)NCCN)C2)cc1.Cl. The Bertz CT molecular complexity index is 680. The third kappa shape index (κ3) is 5.92. The van der Waals surface area contributed by atoms with Crippen LogP contribution in [0, 0.1) is 5.92 Å². The fraction of sp³-hybridized carbons (Fsp3) is 0.588. The molecule has 26 heavy (non-hydrogen) atoms. The van der Waals surface area contributed by atoms with Crippen molar-refractivity contribution in [3.8, 4) is 0 Å². The normalized spacial score (nSPS) is 18.4. The maximum absolute atomic E-state index is 12.9. The van der Waals surface area contributed by atoms with Gasteiger partial charge >= 0.3 is 0 Å². The van der Waals surface area contributed by atoms with E-state index in [9.17, 15) is 13.2 Å². The van der Waals surface area contributed by atoms with Crippen LogP contribution in [0.2, 0.25) is 0 Å². The minimum absolute atomic E-state index is 0. The van der Waals surface area contributed by atoms with Gasteiger partial charge in [-0.2, -0.15) is 4.31 Å². The number of amides is 1. The van der Waals surface area contributed by atoms with Crippen LogP contribution in [0.1, 0.15) is 18.4 Å². The lowest BCUT2D eigenvalue weighted by Crippen LogP contribution is -2.46. The first-order valence-corrected chi connectivity index (χ1v) is 10.00. The summed E-state index contributed by atoms with van der Waals surface area (Å²) in [5, 5.41) is 2.75. The van der Waals surface area contributed by atoms with E-state index in [1.807, 2.05) is 31.1 Å². The molecule has 0 spiro atoms. The first kappa shape index (κ1) is 22.9. The molecule has 1 atom stereocenters. The second kappa shape index (κ2) is 10.2. The fourth-order valence-corrected chi connectivity index (χ4v) is 4.52. The molecule has 1 saturated heterocycles. The number of halogens is 1. The minimum Gasteiger partial charge on any atom is -0.355 e. The third-order valence-corrected chi connectivity index (χ3v) is 6.14. The van der Waals surface area contributed by atoms with Crippen LogP contribution in [0.3, 0.4) is 0 Å². The number of sulfonamides is 1. The molecular formula is C17H29ClN4O3S. The van der Waals surface area contributed by atoms with Crippen LogP contribution >= 0.6 is 12.4 Å². The maximum Gasteiger partial charge on any atom is 0.243 e. The molecule has 2 rings (SSSR count). The standard InChI is InChI=1S/C17H28N4O3S.ClH/c1-20(2)12-14-5-7-16(8-6-14)25(23,24)21-11-3-4-15(13-21)17(22)19-10-9-18;/h5-8,15H,3-4,9-13,18H2,1-2H3,(H,19,22);1H. The quantitative estimate of drug-likeness (QED) is 0.695. The van der Waals surface area contributed by atoms with E-state index in [2.05, 4.69) is 5.32 Å². The molecular weight excluding hydrogens is 376 g/mol. The summed E-state index contributed by atoms with van der Waals surface area (Å²) in [5.74, 6) is -0.435. The second-order valence-electron chi connectivity index (χ2n) is 6.66. The second-order valence-corrected chi connectivity index (χ2v) is 8.60. The van der Waals surface area contributed by atoms with E-state index >= 15 is 0 Å². The molecule has 1 heterocycles. The van der Waals surface area contributed by atoms with Crippen molar-refractivity contribution in [1.82, 2.24) is 14.5 Å². The van der Waals surface area contributed by atoms with Gasteiger partial charge in [-0.15, -0.1) is 12.4 Å². The molecule has 0 aliphatic carbocycles. The Hall–Kier alpha value is -1.19. The Kier molecular flexibility index (Phi) is 8.99. The Morgan fingerprint density at radius 2 is 1.96 bits per heavy atom. The van der Waals surface area contributed by atoms with Crippen molar-refractivity contribution >= 4 is 28.3 Å². The van der Waals surface area contributed by atoms with Gasteiger partial charge in [0.2, 0.25) is 15.9 Å². The van der Waals surface area contributed by atoms with Crippen molar-refractivity contribution < 1.29 is 13.2 Å². The highest BCUT2D eigenvalue weighted by molar-refractivity contribution is 7.89. The Morgan fingerprint density at radius 3 is 2.54 bits per heavy atom. The summed E-state index contributed by atoms with van der Waals surface area (Å²) in [7, 11) is 0.354. The molecule has 1 aliphatic rings. The van der Waals surface area contributed by atoms with Crippen molar-refractivity contribution in [3.63, 3.8) is 0 Å². The molecule has 1 unspecified atom stereocenters. The van der Waals surface area contributed by atoms with E-state index < -0.39 is 10.0 Å². The summed E-state index contributed by atoms with van der Waals surface area (Å²) < 4.78 is 27.2. The molecule has 148 valence electrons. The number of piperidine rings is 1. The Labute approximate surface area is 162 Å². The van der Waals surface area contributed by atoms with Gasteiger partial charge < -0.3 is 16.0 Å². The Morgan fingerprint density at radius 1 is 1.31 bits per heavy atom. The first-order chi connectivity index (χ1) is 11.8. The Balaban J connectivity index is 0.00000338. The number of nitrogens with zero attached hydrogens (tertiary/aromatic N) is 2. The first-order valence-electron chi connectivity index (χ1n) is 8.56. The van der Waals surface area contributed by atoms with Gasteiger partial charge in [0.15, 0.2) is 0 Å². The summed E-state index contributed by atoms with van der Waals surface area (Å²) in [5.41, 5.74) is 6.45. The van der Waals surface area contributed by atoms with Crippen LogP contribution in [-0.4, -0.2) is 63.8 Å². The van der Waals surface area contributed by atoms with Gasteiger partial charge in [-0.1, -0.05) is 12.1 Å². The number of benzene rings is 1. The zero-order valence-electron chi connectivity index (χ0n) is 15.3. The topological polar surface area (TPSA) is 95.7 Å². The molecule has 1 aromatic carbocycles. The average molecular weight is 405 g/mol. The summed E-state index contributed by atoms with van der Waals surface area (Å²) in [4.78, 5) is 14.4. The van der Waals surface area contributed by atoms with Crippen LogP contribution in [0.5, 0.6) is 0 Å². The zero-order valence-corrected chi connectivity index (χ0v) is 17.0. The lowest BCUT2D eigenvalue weighted by Gasteiger charge is -2.31. The summed E-state index contributed by atoms with van der Waals surface area (Å²) >= 11 is 0. The van der Waals surface area contributed by atoms with Gasteiger partial charge in [-0.25, -0.2) is 8.42 Å². The zero-order chi connectivity index (χ0) is 18.4. The molecule has 0 radical (unpaired) electrons. The van der Waals surface area contributed by atoms with Crippen molar-refractivity contribution in [2.45, 2.75) is 24.3 Å². The van der Waals surface area contributed by atoms with E-state index in [-0.39, 0.29) is 35.7 Å². The number of hydrogen-bond donors (Lipinski definition) is 2.